The number of nitrogens with one attached hydrogen (secondary N) is 1. The Labute approximate surface area is 132 Å². The van der Waals surface area contributed by atoms with Gasteiger partial charge in [-0.25, -0.2) is 4.39 Å². The Bertz CT molecular complexity index is 616. The van der Waals surface area contributed by atoms with Gasteiger partial charge in [-0.2, -0.15) is 0 Å². The van der Waals surface area contributed by atoms with Crippen LogP contribution in [-0.2, 0) is 0 Å². The van der Waals surface area contributed by atoms with Crippen LogP contribution in [0.4, 0.5) is 10.1 Å². The van der Waals surface area contributed by atoms with Crippen LogP contribution in [0.1, 0.15) is 24.9 Å². The molecule has 0 saturated heterocycles. The molecule has 1 atom stereocenters. The molecule has 0 amide bonds. The largest absolute Gasteiger partial charge is 0.376 e. The van der Waals surface area contributed by atoms with Crippen LogP contribution in [-0.4, -0.2) is 0 Å². The molecule has 0 spiro atoms. The molecule has 0 aromatic heterocycles. The number of halogens is 4. The van der Waals surface area contributed by atoms with E-state index in [2.05, 4.69) is 5.32 Å². The number of rotatable bonds is 4. The maximum atomic E-state index is 13.8. The normalized spacial score (nSPS) is 12.2. The summed E-state index contributed by atoms with van der Waals surface area (Å²) < 4.78 is 13.8. The van der Waals surface area contributed by atoms with Crippen LogP contribution in [0, 0.1) is 5.82 Å². The number of hydrogen-bond acceptors (Lipinski definition) is 1. The summed E-state index contributed by atoms with van der Waals surface area (Å²) in [5.74, 6) is -0.379. The third-order valence-electron chi connectivity index (χ3n) is 3.02. The number of benzene rings is 2. The molecule has 2 aromatic carbocycles. The Morgan fingerprint density at radius 3 is 2.40 bits per heavy atom. The van der Waals surface area contributed by atoms with Crippen molar-refractivity contribution in [2.24, 2.45) is 0 Å². The van der Waals surface area contributed by atoms with Gasteiger partial charge >= 0.3 is 0 Å². The molecule has 0 saturated carbocycles. The van der Waals surface area contributed by atoms with E-state index in [0.29, 0.717) is 20.8 Å². The van der Waals surface area contributed by atoms with E-state index in [4.69, 9.17) is 34.8 Å². The molecule has 0 aliphatic rings. The van der Waals surface area contributed by atoms with Gasteiger partial charge in [-0.15, -0.1) is 0 Å². The highest BCUT2D eigenvalue weighted by molar-refractivity contribution is 6.42. The highest BCUT2D eigenvalue weighted by atomic mass is 35.5. The van der Waals surface area contributed by atoms with Gasteiger partial charge in [-0.05, 0) is 42.3 Å². The molecule has 0 aliphatic carbocycles. The van der Waals surface area contributed by atoms with Crippen LogP contribution in [0.25, 0.3) is 0 Å². The van der Waals surface area contributed by atoms with Gasteiger partial charge in [0, 0.05) is 5.02 Å². The third kappa shape index (κ3) is 3.57. The standard InChI is InChI=1S/C15H13Cl3FN/c1-2-14(9-3-5-11(17)12(18)7-9)20-15-6-4-10(16)8-13(15)19/h3-8,14,20H,2H2,1H3. The van der Waals surface area contributed by atoms with Crippen LogP contribution in [0.3, 0.4) is 0 Å². The molecule has 5 heteroatoms. The van der Waals surface area contributed by atoms with E-state index >= 15 is 0 Å². The van der Waals surface area contributed by atoms with Gasteiger partial charge in [0.2, 0.25) is 0 Å². The summed E-state index contributed by atoms with van der Waals surface area (Å²) in [5, 5.41) is 4.51. The van der Waals surface area contributed by atoms with Crippen molar-refractivity contribution in [2.45, 2.75) is 19.4 Å². The predicted molar refractivity (Wildman–Crippen MR) is 84.5 cm³/mol. The fourth-order valence-corrected chi connectivity index (χ4v) is 2.41. The molecule has 1 N–H and O–H groups in total. The smallest absolute Gasteiger partial charge is 0.147 e. The molecule has 0 heterocycles. The number of hydrogen-bond donors (Lipinski definition) is 1. The van der Waals surface area contributed by atoms with E-state index in [-0.39, 0.29) is 11.9 Å². The second-order valence-corrected chi connectivity index (χ2v) is 5.65. The van der Waals surface area contributed by atoms with Gasteiger partial charge < -0.3 is 5.32 Å². The van der Waals surface area contributed by atoms with E-state index in [1.807, 2.05) is 13.0 Å². The first-order chi connectivity index (χ1) is 9.51. The highest BCUT2D eigenvalue weighted by Gasteiger charge is 2.13. The molecular weight excluding hydrogens is 320 g/mol. The van der Waals surface area contributed by atoms with Gasteiger partial charge in [-0.1, -0.05) is 47.8 Å². The van der Waals surface area contributed by atoms with Crippen LogP contribution in [0.5, 0.6) is 0 Å². The molecule has 0 bridgehead atoms. The summed E-state index contributed by atoms with van der Waals surface area (Å²) in [7, 11) is 0. The monoisotopic (exact) mass is 331 g/mol. The first-order valence-electron chi connectivity index (χ1n) is 6.17. The van der Waals surface area contributed by atoms with E-state index in [9.17, 15) is 4.39 Å². The predicted octanol–water partition coefficient (Wildman–Crippen LogP) is 6.35. The average Bonchev–Trinajstić information content (AvgIpc) is 2.41. The van der Waals surface area contributed by atoms with E-state index in [1.165, 1.54) is 6.07 Å². The second kappa shape index (κ2) is 6.66. The Morgan fingerprint density at radius 2 is 1.80 bits per heavy atom. The Kier molecular flexibility index (Phi) is 5.14. The maximum Gasteiger partial charge on any atom is 0.147 e. The zero-order chi connectivity index (χ0) is 14.7. The third-order valence-corrected chi connectivity index (χ3v) is 3.99. The quantitative estimate of drug-likeness (QED) is 0.688. The molecule has 2 rings (SSSR count). The Morgan fingerprint density at radius 1 is 1.05 bits per heavy atom. The number of anilines is 1. The molecule has 1 nitrogen and oxygen atoms in total. The van der Waals surface area contributed by atoms with E-state index in [0.717, 1.165) is 12.0 Å². The lowest BCUT2D eigenvalue weighted by molar-refractivity contribution is 0.624. The molecule has 106 valence electrons. The van der Waals surface area contributed by atoms with Crippen LogP contribution < -0.4 is 5.32 Å². The van der Waals surface area contributed by atoms with Crippen molar-refractivity contribution in [2.75, 3.05) is 5.32 Å². The molecule has 0 aliphatic heterocycles. The Hall–Kier alpha value is -0.960. The average molecular weight is 333 g/mol. The van der Waals surface area contributed by atoms with Gasteiger partial charge in [0.25, 0.3) is 0 Å². The van der Waals surface area contributed by atoms with Crippen molar-refractivity contribution in [3.63, 3.8) is 0 Å². The lowest BCUT2D eigenvalue weighted by Crippen LogP contribution is -2.10. The van der Waals surface area contributed by atoms with Crippen molar-refractivity contribution < 1.29 is 4.39 Å². The minimum absolute atomic E-state index is 0.0551. The highest BCUT2D eigenvalue weighted by Crippen LogP contribution is 2.30. The SMILES string of the molecule is CCC(Nc1ccc(Cl)cc1F)c1ccc(Cl)c(Cl)c1. The molecule has 0 fully saturated rings. The van der Waals surface area contributed by atoms with Crippen LogP contribution in [0.15, 0.2) is 36.4 Å². The Balaban J connectivity index is 2.26. The summed E-state index contributed by atoms with van der Waals surface area (Å²) in [5.41, 5.74) is 1.36. The minimum Gasteiger partial charge on any atom is -0.376 e. The summed E-state index contributed by atoms with van der Waals surface area (Å²) in [4.78, 5) is 0. The lowest BCUT2D eigenvalue weighted by Gasteiger charge is -2.19. The van der Waals surface area contributed by atoms with Crippen molar-refractivity contribution in [1.82, 2.24) is 0 Å². The van der Waals surface area contributed by atoms with Crippen LogP contribution >= 0.6 is 34.8 Å². The van der Waals surface area contributed by atoms with Gasteiger partial charge in [0.1, 0.15) is 5.82 Å². The first kappa shape index (κ1) is 15.4. The summed E-state index contributed by atoms with van der Waals surface area (Å²) >= 11 is 17.7. The van der Waals surface area contributed by atoms with Crippen LogP contribution in [0.2, 0.25) is 15.1 Å². The van der Waals surface area contributed by atoms with Crippen molar-refractivity contribution in [1.29, 1.82) is 0 Å². The van der Waals surface area contributed by atoms with Crippen molar-refractivity contribution in [3.8, 4) is 0 Å². The van der Waals surface area contributed by atoms with Gasteiger partial charge in [0.15, 0.2) is 0 Å². The maximum absolute atomic E-state index is 13.8. The van der Waals surface area contributed by atoms with Crippen molar-refractivity contribution in [3.05, 3.63) is 62.8 Å². The summed E-state index contributed by atoms with van der Waals surface area (Å²) in [6, 6.07) is 9.90. The fourth-order valence-electron chi connectivity index (χ4n) is 1.94. The molecule has 2 aromatic rings. The topological polar surface area (TPSA) is 12.0 Å². The summed E-state index contributed by atoms with van der Waals surface area (Å²) in [6.45, 7) is 2.01. The fraction of sp³-hybridized carbons (Fsp3) is 0.200. The zero-order valence-corrected chi connectivity index (χ0v) is 13.0. The summed E-state index contributed by atoms with van der Waals surface area (Å²) in [6.07, 6.45) is 0.778. The molecule has 0 radical (unpaired) electrons. The van der Waals surface area contributed by atoms with Gasteiger partial charge in [0.05, 0.1) is 21.8 Å². The lowest BCUT2D eigenvalue weighted by atomic mass is 10.0. The van der Waals surface area contributed by atoms with E-state index < -0.39 is 0 Å². The molecule has 1 unspecified atom stereocenters. The minimum atomic E-state index is -0.379. The van der Waals surface area contributed by atoms with Crippen molar-refractivity contribution >= 4 is 40.5 Å². The van der Waals surface area contributed by atoms with E-state index in [1.54, 1.807) is 24.3 Å². The second-order valence-electron chi connectivity index (χ2n) is 4.40. The molecule has 20 heavy (non-hydrogen) atoms. The first-order valence-corrected chi connectivity index (χ1v) is 7.31. The zero-order valence-electron chi connectivity index (χ0n) is 10.8. The molecular formula is C15H13Cl3FN. The van der Waals surface area contributed by atoms with Gasteiger partial charge in [-0.3, -0.25) is 0 Å².